The van der Waals surface area contributed by atoms with Gasteiger partial charge in [-0.2, -0.15) is 0 Å². The second-order valence-electron chi connectivity index (χ2n) is 4.82. The van der Waals surface area contributed by atoms with Gasteiger partial charge < -0.3 is 10.1 Å². The van der Waals surface area contributed by atoms with Crippen molar-refractivity contribution in [2.75, 3.05) is 7.11 Å². The molecule has 0 aliphatic rings. The Balaban J connectivity index is 1.71. The number of hydrogen-bond donors (Lipinski definition) is 1. The fourth-order valence-corrected chi connectivity index (χ4v) is 3.49. The van der Waals surface area contributed by atoms with E-state index in [1.54, 1.807) is 19.5 Å². The molecule has 1 atom stereocenters. The molecule has 5 nitrogen and oxygen atoms in total. The second-order valence-corrected chi connectivity index (χ2v) is 6.78. The summed E-state index contributed by atoms with van der Waals surface area (Å²) in [4.78, 5) is 21.4. The molecule has 23 heavy (non-hydrogen) atoms. The quantitative estimate of drug-likeness (QED) is 0.764. The first kappa shape index (κ1) is 15.6. The van der Waals surface area contributed by atoms with Gasteiger partial charge in [0.05, 0.1) is 19.3 Å². The molecule has 0 radical (unpaired) electrons. The normalized spacial score (nSPS) is 11.9. The van der Waals surface area contributed by atoms with Crippen LogP contribution in [-0.4, -0.2) is 23.0 Å². The van der Waals surface area contributed by atoms with Crippen molar-refractivity contribution in [2.45, 2.75) is 13.0 Å². The predicted octanol–water partition coefficient (Wildman–Crippen LogP) is 3.77. The van der Waals surface area contributed by atoms with Crippen LogP contribution >= 0.6 is 22.7 Å². The summed E-state index contributed by atoms with van der Waals surface area (Å²) in [5, 5.41) is 6.53. The van der Waals surface area contributed by atoms with E-state index < -0.39 is 0 Å². The molecule has 0 fully saturated rings. The lowest BCUT2D eigenvalue weighted by Crippen LogP contribution is -2.25. The fourth-order valence-electron chi connectivity index (χ4n) is 2.02. The molecule has 1 aromatic carbocycles. The summed E-state index contributed by atoms with van der Waals surface area (Å²) in [5.41, 5.74) is 0.961. The molecule has 1 N–H and O–H groups in total. The Morgan fingerprint density at radius 3 is 2.70 bits per heavy atom. The first-order valence-corrected chi connectivity index (χ1v) is 8.67. The lowest BCUT2D eigenvalue weighted by atomic mass is 10.2. The Morgan fingerprint density at radius 2 is 2.04 bits per heavy atom. The van der Waals surface area contributed by atoms with E-state index in [9.17, 15) is 4.79 Å². The van der Waals surface area contributed by atoms with Gasteiger partial charge in [-0.1, -0.05) is 0 Å². The number of ether oxygens (including phenoxy) is 1. The molecule has 3 rings (SSSR count). The van der Waals surface area contributed by atoms with Crippen molar-refractivity contribution in [3.63, 3.8) is 0 Å². The topological polar surface area (TPSA) is 64.1 Å². The predicted molar refractivity (Wildman–Crippen MR) is 92.1 cm³/mol. The maximum atomic E-state index is 12.3. The highest BCUT2D eigenvalue weighted by atomic mass is 32.1. The minimum atomic E-state index is -0.134. The van der Waals surface area contributed by atoms with Gasteiger partial charge in [0.15, 0.2) is 0 Å². The van der Waals surface area contributed by atoms with Crippen molar-refractivity contribution < 1.29 is 9.53 Å². The number of hydrogen-bond acceptors (Lipinski definition) is 6. The summed E-state index contributed by atoms with van der Waals surface area (Å²) in [5.74, 6) is 0.658. The van der Waals surface area contributed by atoms with E-state index in [-0.39, 0.29) is 11.9 Å². The Kier molecular flexibility index (Phi) is 4.68. The third-order valence-corrected chi connectivity index (χ3v) is 5.24. The highest BCUT2D eigenvalue weighted by Gasteiger charge is 2.16. The van der Waals surface area contributed by atoms with Crippen LogP contribution in [0.15, 0.2) is 42.0 Å². The highest BCUT2D eigenvalue weighted by Crippen LogP contribution is 2.27. The van der Waals surface area contributed by atoms with Gasteiger partial charge in [0, 0.05) is 17.1 Å². The van der Waals surface area contributed by atoms with Crippen LogP contribution in [0.5, 0.6) is 5.75 Å². The lowest BCUT2D eigenvalue weighted by Gasteiger charge is -2.09. The number of nitrogens with zero attached hydrogens (tertiary/aromatic N) is 2. The third-order valence-electron chi connectivity index (χ3n) is 3.24. The zero-order valence-corrected chi connectivity index (χ0v) is 14.3. The van der Waals surface area contributed by atoms with Gasteiger partial charge in [0.1, 0.15) is 20.6 Å². The molecule has 3 aromatic rings. The van der Waals surface area contributed by atoms with Crippen LogP contribution in [0.2, 0.25) is 0 Å². The van der Waals surface area contributed by atoms with Crippen LogP contribution in [0.1, 0.15) is 27.6 Å². The van der Waals surface area contributed by atoms with Gasteiger partial charge in [-0.15, -0.1) is 22.7 Å². The number of nitrogens with one attached hydrogen (secondary N) is 1. The summed E-state index contributed by atoms with van der Waals surface area (Å²) in [6.07, 6.45) is 3.34. The summed E-state index contributed by atoms with van der Waals surface area (Å²) in [6.45, 7) is 1.92. The molecule has 0 aliphatic carbocycles. The van der Waals surface area contributed by atoms with Crippen molar-refractivity contribution in [2.24, 2.45) is 0 Å². The summed E-state index contributed by atoms with van der Waals surface area (Å²) in [7, 11) is 1.63. The van der Waals surface area contributed by atoms with E-state index in [0.717, 1.165) is 21.3 Å². The average Bonchev–Trinajstić information content (AvgIpc) is 3.26. The van der Waals surface area contributed by atoms with Crippen LogP contribution in [-0.2, 0) is 0 Å². The Hall–Kier alpha value is -2.25. The minimum Gasteiger partial charge on any atom is -0.497 e. The third kappa shape index (κ3) is 3.57. The lowest BCUT2D eigenvalue weighted by molar-refractivity contribution is 0.0943. The van der Waals surface area contributed by atoms with Gasteiger partial charge in [-0.05, 0) is 31.2 Å². The van der Waals surface area contributed by atoms with Crippen molar-refractivity contribution in [1.82, 2.24) is 15.3 Å². The molecule has 0 bridgehead atoms. The second kappa shape index (κ2) is 6.89. The number of rotatable bonds is 5. The summed E-state index contributed by atoms with van der Waals surface area (Å²) < 4.78 is 5.14. The Labute approximate surface area is 142 Å². The molecule has 0 saturated carbocycles. The first-order chi connectivity index (χ1) is 11.2. The van der Waals surface area contributed by atoms with E-state index in [4.69, 9.17) is 4.74 Å². The number of carbonyl (C=O) groups excluding carboxylic acids is 1. The van der Waals surface area contributed by atoms with E-state index >= 15 is 0 Å². The van der Waals surface area contributed by atoms with Crippen molar-refractivity contribution >= 4 is 28.6 Å². The van der Waals surface area contributed by atoms with E-state index in [2.05, 4.69) is 15.3 Å². The minimum absolute atomic E-state index is 0.117. The molecule has 7 heteroatoms. The Bertz CT molecular complexity index is 782. The molecule has 0 spiro atoms. The SMILES string of the molecule is COc1ccc(-c2ncc(C(=O)N[C@@H](C)c3nccs3)s2)cc1. The number of aromatic nitrogens is 2. The molecule has 1 amide bonds. The molecule has 2 aromatic heterocycles. The number of benzene rings is 1. The number of carbonyl (C=O) groups is 1. The molecular weight excluding hydrogens is 330 g/mol. The van der Waals surface area contributed by atoms with Gasteiger partial charge in [-0.3, -0.25) is 4.79 Å². The summed E-state index contributed by atoms with van der Waals surface area (Å²) >= 11 is 2.89. The molecule has 0 unspecified atom stereocenters. The molecular formula is C16H15N3O2S2. The van der Waals surface area contributed by atoms with Crippen LogP contribution in [0.4, 0.5) is 0 Å². The molecule has 118 valence electrons. The van der Waals surface area contributed by atoms with Gasteiger partial charge >= 0.3 is 0 Å². The smallest absolute Gasteiger partial charge is 0.263 e. The van der Waals surface area contributed by atoms with Crippen LogP contribution in [0, 0.1) is 0 Å². The van der Waals surface area contributed by atoms with Gasteiger partial charge in [0.25, 0.3) is 5.91 Å². The number of thiazole rings is 2. The largest absolute Gasteiger partial charge is 0.497 e. The number of amides is 1. The van der Waals surface area contributed by atoms with E-state index in [1.165, 1.54) is 22.7 Å². The van der Waals surface area contributed by atoms with Crippen molar-refractivity contribution in [3.8, 4) is 16.3 Å². The molecule has 2 heterocycles. The van der Waals surface area contributed by atoms with Gasteiger partial charge in [-0.25, -0.2) is 9.97 Å². The Morgan fingerprint density at radius 1 is 1.26 bits per heavy atom. The van der Waals surface area contributed by atoms with Crippen LogP contribution in [0.3, 0.4) is 0 Å². The summed E-state index contributed by atoms with van der Waals surface area (Å²) in [6, 6.07) is 7.49. The van der Waals surface area contributed by atoms with Crippen LogP contribution in [0.25, 0.3) is 10.6 Å². The monoisotopic (exact) mass is 345 g/mol. The van der Waals surface area contributed by atoms with Gasteiger partial charge in [0.2, 0.25) is 0 Å². The molecule has 0 aliphatic heterocycles. The fraction of sp³-hybridized carbons (Fsp3) is 0.188. The zero-order chi connectivity index (χ0) is 16.2. The first-order valence-electron chi connectivity index (χ1n) is 6.98. The maximum Gasteiger partial charge on any atom is 0.263 e. The highest BCUT2D eigenvalue weighted by molar-refractivity contribution is 7.16. The maximum absolute atomic E-state index is 12.3. The molecule has 0 saturated heterocycles. The van der Waals surface area contributed by atoms with E-state index in [1.807, 2.05) is 36.6 Å². The number of methoxy groups -OCH3 is 1. The standard InChI is InChI=1S/C16H15N3O2S2/c1-10(15-17-7-8-22-15)19-14(20)13-9-18-16(23-13)11-3-5-12(21-2)6-4-11/h3-10H,1-2H3,(H,19,20)/t10-/m0/s1. The zero-order valence-electron chi connectivity index (χ0n) is 12.6. The van der Waals surface area contributed by atoms with Crippen molar-refractivity contribution in [1.29, 1.82) is 0 Å². The average molecular weight is 345 g/mol. The van der Waals surface area contributed by atoms with Crippen molar-refractivity contribution in [3.05, 3.63) is 51.9 Å². The van der Waals surface area contributed by atoms with Crippen LogP contribution < -0.4 is 10.1 Å². The van der Waals surface area contributed by atoms with E-state index in [0.29, 0.717) is 4.88 Å².